The van der Waals surface area contributed by atoms with Crippen molar-refractivity contribution >= 4 is 11.6 Å². The van der Waals surface area contributed by atoms with Crippen LogP contribution in [-0.2, 0) is 4.74 Å². The summed E-state index contributed by atoms with van der Waals surface area (Å²) in [6.07, 6.45) is 0.103. The lowest BCUT2D eigenvalue weighted by atomic mass is 9.93. The van der Waals surface area contributed by atoms with Crippen molar-refractivity contribution in [2.75, 3.05) is 20.8 Å². The molecule has 1 aromatic carbocycles. The second-order valence-electron chi connectivity index (χ2n) is 4.87. The molecule has 19 heavy (non-hydrogen) atoms. The maximum atomic E-state index is 6.08. The van der Waals surface area contributed by atoms with E-state index in [-0.39, 0.29) is 12.1 Å². The summed E-state index contributed by atoms with van der Waals surface area (Å²) in [7, 11) is 3.38. The van der Waals surface area contributed by atoms with Gasteiger partial charge in [-0.2, -0.15) is 0 Å². The van der Waals surface area contributed by atoms with Gasteiger partial charge in [-0.1, -0.05) is 38.4 Å². The molecule has 1 rings (SSSR count). The van der Waals surface area contributed by atoms with Gasteiger partial charge >= 0.3 is 0 Å². The van der Waals surface area contributed by atoms with Crippen molar-refractivity contribution < 1.29 is 9.47 Å². The number of methoxy groups -OCH3 is 2. The third kappa shape index (κ3) is 4.10. The highest BCUT2D eigenvalue weighted by molar-refractivity contribution is 6.32. The van der Waals surface area contributed by atoms with Gasteiger partial charge in [0.05, 0.1) is 24.3 Å². The number of ether oxygens (including phenoxy) is 2. The fourth-order valence-electron chi connectivity index (χ4n) is 2.31. The summed E-state index contributed by atoms with van der Waals surface area (Å²) < 4.78 is 10.9. The van der Waals surface area contributed by atoms with Crippen molar-refractivity contribution in [2.24, 2.45) is 5.92 Å². The molecule has 0 radical (unpaired) electrons. The summed E-state index contributed by atoms with van der Waals surface area (Å²) in [5, 5.41) is 4.10. The Labute approximate surface area is 121 Å². The Kier molecular flexibility index (Phi) is 6.63. The van der Waals surface area contributed by atoms with Crippen molar-refractivity contribution in [1.82, 2.24) is 5.32 Å². The Morgan fingerprint density at radius 1 is 1.26 bits per heavy atom. The monoisotopic (exact) mass is 285 g/mol. The van der Waals surface area contributed by atoms with E-state index in [1.165, 1.54) is 0 Å². The Morgan fingerprint density at radius 3 is 2.42 bits per heavy atom. The summed E-state index contributed by atoms with van der Waals surface area (Å²) in [5.41, 5.74) is 1.13. The van der Waals surface area contributed by atoms with Gasteiger partial charge < -0.3 is 14.8 Å². The molecule has 0 aromatic heterocycles. The van der Waals surface area contributed by atoms with Crippen LogP contribution in [0.3, 0.4) is 0 Å². The molecule has 0 aliphatic carbocycles. The van der Waals surface area contributed by atoms with E-state index in [1.807, 2.05) is 18.2 Å². The van der Waals surface area contributed by atoms with E-state index in [2.05, 4.69) is 26.1 Å². The van der Waals surface area contributed by atoms with Gasteiger partial charge in [-0.3, -0.25) is 0 Å². The minimum atomic E-state index is 0.103. The van der Waals surface area contributed by atoms with E-state index in [0.717, 1.165) is 12.1 Å². The largest absolute Gasteiger partial charge is 0.495 e. The lowest BCUT2D eigenvalue weighted by Gasteiger charge is -2.30. The summed E-state index contributed by atoms with van der Waals surface area (Å²) in [4.78, 5) is 0. The first-order valence-corrected chi connectivity index (χ1v) is 7.02. The fourth-order valence-corrected chi connectivity index (χ4v) is 2.50. The number of rotatable bonds is 7. The van der Waals surface area contributed by atoms with E-state index in [1.54, 1.807) is 14.2 Å². The number of halogens is 1. The second kappa shape index (κ2) is 7.73. The number of hydrogen-bond donors (Lipinski definition) is 1. The molecular formula is C15H24ClNO2. The minimum absolute atomic E-state index is 0.103. The van der Waals surface area contributed by atoms with Gasteiger partial charge in [0.1, 0.15) is 5.75 Å². The highest BCUT2D eigenvalue weighted by Gasteiger charge is 2.25. The first-order valence-electron chi connectivity index (χ1n) is 6.64. The standard InChI is InChI=1S/C15H24ClNO2/c1-6-17-14(15(19-5)10(2)3)11-7-8-12(16)13(9-11)18-4/h7-10,14-15,17H,6H2,1-5H3. The Balaban J connectivity index is 3.10. The van der Waals surface area contributed by atoms with Crippen molar-refractivity contribution in [3.63, 3.8) is 0 Å². The molecule has 0 bridgehead atoms. The molecule has 108 valence electrons. The second-order valence-corrected chi connectivity index (χ2v) is 5.28. The van der Waals surface area contributed by atoms with Crippen LogP contribution in [-0.4, -0.2) is 26.9 Å². The van der Waals surface area contributed by atoms with Crippen LogP contribution in [0.2, 0.25) is 5.02 Å². The van der Waals surface area contributed by atoms with Crippen molar-refractivity contribution in [3.8, 4) is 5.75 Å². The Morgan fingerprint density at radius 2 is 1.95 bits per heavy atom. The molecule has 1 aromatic rings. The summed E-state index contributed by atoms with van der Waals surface area (Å²) >= 11 is 6.08. The summed E-state index contributed by atoms with van der Waals surface area (Å²) in [6, 6.07) is 5.99. The van der Waals surface area contributed by atoms with Gasteiger partial charge in [0, 0.05) is 7.11 Å². The molecule has 1 N–H and O–H groups in total. The maximum absolute atomic E-state index is 6.08. The molecule has 0 spiro atoms. The van der Waals surface area contributed by atoms with Crippen molar-refractivity contribution in [2.45, 2.75) is 32.9 Å². The first-order chi connectivity index (χ1) is 9.04. The van der Waals surface area contributed by atoms with Crippen LogP contribution in [0.15, 0.2) is 18.2 Å². The molecule has 0 fully saturated rings. The Hall–Kier alpha value is -0.770. The third-order valence-electron chi connectivity index (χ3n) is 3.22. The quantitative estimate of drug-likeness (QED) is 0.829. The van der Waals surface area contributed by atoms with Gasteiger partial charge in [-0.25, -0.2) is 0 Å². The lowest BCUT2D eigenvalue weighted by molar-refractivity contribution is 0.0330. The van der Waals surface area contributed by atoms with Gasteiger partial charge in [0.25, 0.3) is 0 Å². The highest BCUT2D eigenvalue weighted by atomic mass is 35.5. The van der Waals surface area contributed by atoms with Gasteiger partial charge in [-0.15, -0.1) is 0 Å². The highest BCUT2D eigenvalue weighted by Crippen LogP contribution is 2.31. The van der Waals surface area contributed by atoms with E-state index in [4.69, 9.17) is 21.1 Å². The molecule has 0 saturated carbocycles. The SMILES string of the molecule is CCNC(c1ccc(Cl)c(OC)c1)C(OC)C(C)C. The normalized spacial score (nSPS) is 14.5. The predicted molar refractivity (Wildman–Crippen MR) is 80.1 cm³/mol. The molecule has 0 aliphatic rings. The van der Waals surface area contributed by atoms with E-state index >= 15 is 0 Å². The molecule has 4 heteroatoms. The average Bonchev–Trinajstić information content (AvgIpc) is 2.39. The van der Waals surface area contributed by atoms with E-state index < -0.39 is 0 Å². The van der Waals surface area contributed by atoms with E-state index in [9.17, 15) is 0 Å². The zero-order valence-corrected chi connectivity index (χ0v) is 13.1. The van der Waals surface area contributed by atoms with Crippen LogP contribution in [0.1, 0.15) is 32.4 Å². The van der Waals surface area contributed by atoms with Crippen LogP contribution in [0.5, 0.6) is 5.75 Å². The summed E-state index contributed by atoms with van der Waals surface area (Å²) in [5.74, 6) is 1.11. The third-order valence-corrected chi connectivity index (χ3v) is 3.53. The lowest BCUT2D eigenvalue weighted by Crippen LogP contribution is -2.36. The minimum Gasteiger partial charge on any atom is -0.495 e. The van der Waals surface area contributed by atoms with Crippen LogP contribution in [0, 0.1) is 5.92 Å². The fraction of sp³-hybridized carbons (Fsp3) is 0.600. The number of benzene rings is 1. The van der Waals surface area contributed by atoms with Crippen LogP contribution in [0.4, 0.5) is 0 Å². The van der Waals surface area contributed by atoms with Crippen molar-refractivity contribution in [1.29, 1.82) is 0 Å². The topological polar surface area (TPSA) is 30.5 Å². The van der Waals surface area contributed by atoms with Crippen LogP contribution < -0.4 is 10.1 Å². The van der Waals surface area contributed by atoms with E-state index in [0.29, 0.717) is 16.7 Å². The molecule has 0 heterocycles. The number of nitrogens with one attached hydrogen (secondary N) is 1. The van der Waals surface area contributed by atoms with Gasteiger partial charge in [-0.05, 0) is 30.2 Å². The predicted octanol–water partition coefficient (Wildman–Crippen LogP) is 3.67. The molecule has 0 amide bonds. The molecule has 0 aliphatic heterocycles. The number of likely N-dealkylation sites (N-methyl/N-ethyl adjacent to an activating group) is 1. The van der Waals surface area contributed by atoms with Crippen LogP contribution in [0.25, 0.3) is 0 Å². The zero-order valence-electron chi connectivity index (χ0n) is 12.4. The van der Waals surface area contributed by atoms with Gasteiger partial charge in [0.2, 0.25) is 0 Å². The Bertz CT molecular complexity index is 396. The molecule has 3 nitrogen and oxygen atoms in total. The van der Waals surface area contributed by atoms with Gasteiger partial charge in [0.15, 0.2) is 0 Å². The maximum Gasteiger partial charge on any atom is 0.137 e. The zero-order chi connectivity index (χ0) is 14.4. The van der Waals surface area contributed by atoms with Crippen LogP contribution >= 0.6 is 11.6 Å². The average molecular weight is 286 g/mol. The van der Waals surface area contributed by atoms with Crippen molar-refractivity contribution in [3.05, 3.63) is 28.8 Å². The molecule has 2 unspecified atom stereocenters. The molecule has 0 saturated heterocycles. The molecular weight excluding hydrogens is 262 g/mol. The first kappa shape index (κ1) is 16.3. The molecule has 2 atom stereocenters. The number of hydrogen-bond acceptors (Lipinski definition) is 3. The summed E-state index contributed by atoms with van der Waals surface area (Å²) in [6.45, 7) is 7.28. The smallest absolute Gasteiger partial charge is 0.137 e.